The number of aryl methyl sites for hydroxylation is 1. The Hall–Kier alpha value is -1.06. The summed E-state index contributed by atoms with van der Waals surface area (Å²) >= 11 is 0. The lowest BCUT2D eigenvalue weighted by atomic mass is 9.93. The average Bonchev–Trinajstić information content (AvgIpc) is 2.48. The molecule has 0 saturated carbocycles. The Kier molecular flexibility index (Phi) is 5.06. The zero-order valence-corrected chi connectivity index (χ0v) is 13.2. The average molecular weight is 275 g/mol. The van der Waals surface area contributed by atoms with E-state index in [1.165, 1.54) is 11.3 Å². The fraction of sp³-hybridized carbons (Fsp3) is 0.647. The van der Waals surface area contributed by atoms with E-state index in [-0.39, 0.29) is 5.54 Å². The first-order valence-corrected chi connectivity index (χ1v) is 7.89. The summed E-state index contributed by atoms with van der Waals surface area (Å²) in [7, 11) is 0. The molecule has 1 aromatic carbocycles. The van der Waals surface area contributed by atoms with Crippen molar-refractivity contribution >= 4 is 5.69 Å². The normalized spacial score (nSPS) is 17.5. The molecule has 0 bridgehead atoms. The van der Waals surface area contributed by atoms with Gasteiger partial charge in [-0.1, -0.05) is 26.0 Å². The Bertz CT molecular complexity index is 418. The number of benzene rings is 1. The second kappa shape index (κ2) is 6.59. The van der Waals surface area contributed by atoms with E-state index in [0.717, 1.165) is 45.6 Å². The molecule has 0 aromatic heterocycles. The van der Waals surface area contributed by atoms with Gasteiger partial charge in [-0.25, -0.2) is 0 Å². The van der Waals surface area contributed by atoms with E-state index >= 15 is 0 Å². The van der Waals surface area contributed by atoms with Crippen LogP contribution in [0.25, 0.3) is 0 Å². The van der Waals surface area contributed by atoms with Crippen molar-refractivity contribution in [2.45, 2.75) is 39.2 Å². The van der Waals surface area contributed by atoms with E-state index in [4.69, 9.17) is 5.73 Å². The van der Waals surface area contributed by atoms with Crippen molar-refractivity contribution in [1.82, 2.24) is 4.90 Å². The number of piperazine rings is 1. The summed E-state index contributed by atoms with van der Waals surface area (Å²) < 4.78 is 0. The lowest BCUT2D eigenvalue weighted by Crippen LogP contribution is -2.55. The Morgan fingerprint density at radius 1 is 1.10 bits per heavy atom. The minimum atomic E-state index is -0.00843. The lowest BCUT2D eigenvalue weighted by molar-refractivity contribution is 0.190. The molecule has 1 saturated heterocycles. The summed E-state index contributed by atoms with van der Waals surface area (Å²) in [4.78, 5) is 5.01. The van der Waals surface area contributed by atoms with E-state index < -0.39 is 0 Å². The highest BCUT2D eigenvalue weighted by Gasteiger charge is 2.26. The molecule has 0 unspecified atom stereocenters. The summed E-state index contributed by atoms with van der Waals surface area (Å²) in [6.45, 7) is 12.0. The minimum absolute atomic E-state index is 0.00843. The number of nitrogens with zero attached hydrogens (tertiary/aromatic N) is 2. The first kappa shape index (κ1) is 15.3. The van der Waals surface area contributed by atoms with Crippen LogP contribution in [0.5, 0.6) is 0 Å². The highest BCUT2D eigenvalue weighted by atomic mass is 15.3. The summed E-state index contributed by atoms with van der Waals surface area (Å²) in [5.41, 5.74) is 9.12. The summed E-state index contributed by atoms with van der Waals surface area (Å²) in [5, 5.41) is 0. The fourth-order valence-electron chi connectivity index (χ4n) is 2.91. The van der Waals surface area contributed by atoms with Gasteiger partial charge in [0.25, 0.3) is 0 Å². The molecule has 3 heteroatoms. The van der Waals surface area contributed by atoms with Gasteiger partial charge in [-0.05, 0) is 37.5 Å². The van der Waals surface area contributed by atoms with Gasteiger partial charge in [-0.15, -0.1) is 0 Å². The molecular weight excluding hydrogens is 246 g/mol. The largest absolute Gasteiger partial charge is 0.369 e. The maximum Gasteiger partial charge on any atom is 0.0369 e. The van der Waals surface area contributed by atoms with Crippen LogP contribution in [0.2, 0.25) is 0 Å². The van der Waals surface area contributed by atoms with Gasteiger partial charge >= 0.3 is 0 Å². The molecule has 2 N–H and O–H groups in total. The van der Waals surface area contributed by atoms with Crippen molar-refractivity contribution in [1.29, 1.82) is 0 Å². The zero-order valence-electron chi connectivity index (χ0n) is 13.2. The van der Waals surface area contributed by atoms with Crippen LogP contribution in [-0.2, 0) is 0 Å². The van der Waals surface area contributed by atoms with Crippen LogP contribution in [0, 0.1) is 6.92 Å². The van der Waals surface area contributed by atoms with Crippen molar-refractivity contribution in [3.8, 4) is 0 Å². The Balaban J connectivity index is 1.89. The van der Waals surface area contributed by atoms with Crippen LogP contribution in [0.15, 0.2) is 24.3 Å². The smallest absolute Gasteiger partial charge is 0.0369 e. The van der Waals surface area contributed by atoms with E-state index in [1.807, 2.05) is 0 Å². The summed E-state index contributed by atoms with van der Waals surface area (Å²) in [6, 6.07) is 8.80. The third-order valence-electron chi connectivity index (χ3n) is 4.69. The lowest BCUT2D eigenvalue weighted by Gasteiger charge is -2.40. The van der Waals surface area contributed by atoms with E-state index in [9.17, 15) is 0 Å². The quantitative estimate of drug-likeness (QED) is 0.896. The number of hydrogen-bond acceptors (Lipinski definition) is 3. The molecule has 1 heterocycles. The van der Waals surface area contributed by atoms with Crippen molar-refractivity contribution in [3.05, 3.63) is 29.8 Å². The number of anilines is 1. The molecule has 0 radical (unpaired) electrons. The van der Waals surface area contributed by atoms with Gasteiger partial charge in [0.05, 0.1) is 0 Å². The molecule has 20 heavy (non-hydrogen) atoms. The molecule has 0 atom stereocenters. The molecule has 0 spiro atoms. The zero-order chi connectivity index (χ0) is 14.6. The van der Waals surface area contributed by atoms with Crippen molar-refractivity contribution in [2.75, 3.05) is 37.6 Å². The first-order chi connectivity index (χ1) is 9.56. The Morgan fingerprint density at radius 2 is 1.75 bits per heavy atom. The monoisotopic (exact) mass is 275 g/mol. The van der Waals surface area contributed by atoms with Crippen molar-refractivity contribution in [2.24, 2.45) is 5.73 Å². The maximum atomic E-state index is 6.44. The number of hydrogen-bond donors (Lipinski definition) is 1. The van der Waals surface area contributed by atoms with E-state index in [1.54, 1.807) is 0 Å². The van der Waals surface area contributed by atoms with Crippen LogP contribution in [0.4, 0.5) is 5.69 Å². The molecule has 1 fully saturated rings. The highest BCUT2D eigenvalue weighted by molar-refractivity contribution is 5.48. The third kappa shape index (κ3) is 3.74. The van der Waals surface area contributed by atoms with E-state index in [2.05, 4.69) is 54.8 Å². The van der Waals surface area contributed by atoms with Gasteiger partial charge in [0, 0.05) is 44.0 Å². The SMILES string of the molecule is CCC(N)(CC)CN1CCN(c2cccc(C)c2)CC1. The second-order valence-electron chi connectivity index (χ2n) is 6.17. The fourth-order valence-corrected chi connectivity index (χ4v) is 2.91. The molecule has 2 rings (SSSR count). The summed E-state index contributed by atoms with van der Waals surface area (Å²) in [5.74, 6) is 0. The molecule has 3 nitrogen and oxygen atoms in total. The summed E-state index contributed by atoms with van der Waals surface area (Å²) in [6.07, 6.45) is 2.11. The van der Waals surface area contributed by atoms with Gasteiger partial charge < -0.3 is 10.6 Å². The van der Waals surface area contributed by atoms with Crippen LogP contribution in [-0.4, -0.2) is 43.2 Å². The molecule has 0 aliphatic carbocycles. The minimum Gasteiger partial charge on any atom is -0.369 e. The molecule has 1 aliphatic heterocycles. The number of nitrogens with two attached hydrogens (primary N) is 1. The van der Waals surface area contributed by atoms with Crippen molar-refractivity contribution in [3.63, 3.8) is 0 Å². The van der Waals surface area contributed by atoms with Gasteiger partial charge in [0.1, 0.15) is 0 Å². The van der Waals surface area contributed by atoms with Crippen LogP contribution in [0.3, 0.4) is 0 Å². The predicted molar refractivity (Wildman–Crippen MR) is 87.3 cm³/mol. The molecule has 1 aromatic rings. The predicted octanol–water partition coefficient (Wildman–Crippen LogP) is 2.63. The third-order valence-corrected chi connectivity index (χ3v) is 4.69. The van der Waals surface area contributed by atoms with Crippen LogP contribution < -0.4 is 10.6 Å². The van der Waals surface area contributed by atoms with Crippen LogP contribution >= 0.6 is 0 Å². The molecule has 112 valence electrons. The maximum absolute atomic E-state index is 6.44. The number of rotatable bonds is 5. The molecule has 1 aliphatic rings. The standard InChI is InChI=1S/C17H29N3/c1-4-17(18,5-2)14-19-9-11-20(12-10-19)16-8-6-7-15(3)13-16/h6-8,13H,4-5,9-12,14,18H2,1-3H3. The van der Waals surface area contributed by atoms with E-state index in [0.29, 0.717) is 0 Å². The van der Waals surface area contributed by atoms with Crippen LogP contribution in [0.1, 0.15) is 32.3 Å². The topological polar surface area (TPSA) is 32.5 Å². The van der Waals surface area contributed by atoms with Crippen molar-refractivity contribution < 1.29 is 0 Å². The first-order valence-electron chi connectivity index (χ1n) is 7.89. The highest BCUT2D eigenvalue weighted by Crippen LogP contribution is 2.19. The Morgan fingerprint density at radius 3 is 2.30 bits per heavy atom. The van der Waals surface area contributed by atoms with Gasteiger partial charge in [-0.2, -0.15) is 0 Å². The van der Waals surface area contributed by atoms with Gasteiger partial charge in [0.15, 0.2) is 0 Å². The van der Waals surface area contributed by atoms with Gasteiger partial charge in [-0.3, -0.25) is 4.90 Å². The Labute approximate surface area is 123 Å². The molecule has 0 amide bonds. The molecular formula is C17H29N3. The second-order valence-corrected chi connectivity index (χ2v) is 6.17. The van der Waals surface area contributed by atoms with Gasteiger partial charge in [0.2, 0.25) is 0 Å².